The lowest BCUT2D eigenvalue weighted by Gasteiger charge is -2.42. The number of carbonyl (C=O) groups is 1. The first-order valence-corrected chi connectivity index (χ1v) is 15.9. The molecule has 1 aliphatic heterocycles. The molecule has 264 valence electrons. The van der Waals surface area contributed by atoms with E-state index in [0.717, 1.165) is 11.1 Å². The number of hydrogen-bond donors (Lipinski definition) is 1. The number of phosphoric acid groups is 1. The number of amides is 1. The number of benzene rings is 2. The first-order valence-electron chi connectivity index (χ1n) is 14.4. The maximum Gasteiger partial charge on any atom is 0.416 e. The number of likely N-dealkylation sites (N-methyl/N-ethyl adjacent to an activating group) is 2. The number of aryl methyl sites for hydroxylation is 1. The molecular formula is C31H36ClF6N4O5P. The van der Waals surface area contributed by atoms with Crippen molar-refractivity contribution in [1.29, 1.82) is 0 Å². The molecule has 1 unspecified atom stereocenters. The van der Waals surface area contributed by atoms with Crippen molar-refractivity contribution in [3.8, 4) is 11.1 Å². The van der Waals surface area contributed by atoms with Crippen LogP contribution in [-0.4, -0.2) is 67.3 Å². The van der Waals surface area contributed by atoms with Crippen molar-refractivity contribution in [3.05, 3.63) is 77.0 Å². The predicted molar refractivity (Wildman–Crippen MR) is 168 cm³/mol. The second-order valence-corrected chi connectivity index (χ2v) is 13.6. The standard InChI is InChI=1S/C31H35F6N4O5P.ClH/c1-20-8-6-7-9-24(20)25-17-27(40-10-12-41(5,13-11-40)19-46-47(43,44)45)38-18-26(25)39(4)28(42)29(2,3)21-14-22(30(32,33)34)16-23(15-21)31(35,36)37;/h6-9,14-18H,10-13,19H2,1-5H3,(H-,43,44,45);1H. The summed E-state index contributed by atoms with van der Waals surface area (Å²) in [6.45, 7) is 5.92. The van der Waals surface area contributed by atoms with Gasteiger partial charge in [-0.1, -0.05) is 24.3 Å². The van der Waals surface area contributed by atoms with Gasteiger partial charge in [-0.2, -0.15) is 26.3 Å². The molecule has 0 spiro atoms. The van der Waals surface area contributed by atoms with Gasteiger partial charge in [0, 0.05) is 12.6 Å². The van der Waals surface area contributed by atoms with Gasteiger partial charge in [0.15, 0.2) is 6.73 Å². The number of alkyl halides is 6. The lowest BCUT2D eigenvalue weighted by atomic mass is 9.81. The van der Waals surface area contributed by atoms with Crippen molar-refractivity contribution >= 4 is 37.6 Å². The second-order valence-electron chi connectivity index (χ2n) is 12.4. The Balaban J connectivity index is 0.00000625. The number of nitrogens with zero attached hydrogens (tertiary/aromatic N) is 4. The van der Waals surface area contributed by atoms with E-state index in [1.165, 1.54) is 32.0 Å². The minimum atomic E-state index is -5.08. The molecule has 1 N–H and O–H groups in total. The summed E-state index contributed by atoms with van der Waals surface area (Å²) in [4.78, 5) is 41.8. The number of carbonyl (C=O) groups excluding carboxylic acids is 1. The minimum absolute atomic E-state index is 0. The Bertz CT molecular complexity index is 1660. The first kappa shape index (κ1) is 39.2. The van der Waals surface area contributed by atoms with Gasteiger partial charge in [0.1, 0.15) is 5.82 Å². The second kappa shape index (κ2) is 14.0. The zero-order valence-corrected chi connectivity index (χ0v) is 28.4. The molecule has 1 fully saturated rings. The number of halogens is 7. The summed E-state index contributed by atoms with van der Waals surface area (Å²) in [5.74, 6) is -0.233. The molecular weight excluding hydrogens is 689 g/mol. The molecule has 1 aliphatic rings. The van der Waals surface area contributed by atoms with Crippen molar-refractivity contribution < 1.29 is 54.5 Å². The molecule has 4 rings (SSSR count). The van der Waals surface area contributed by atoms with Crippen molar-refractivity contribution in [2.45, 2.75) is 38.5 Å². The van der Waals surface area contributed by atoms with Gasteiger partial charge in [0.05, 0.1) is 61.7 Å². The van der Waals surface area contributed by atoms with Crippen LogP contribution in [0, 0.1) is 6.92 Å². The Morgan fingerprint density at radius 3 is 2.02 bits per heavy atom. The highest BCUT2D eigenvalue weighted by atomic mass is 35.5. The van der Waals surface area contributed by atoms with Crippen molar-refractivity contribution in [2.24, 2.45) is 0 Å². The van der Waals surface area contributed by atoms with Gasteiger partial charge in [0.2, 0.25) is 5.91 Å². The third-order valence-electron chi connectivity index (χ3n) is 8.49. The van der Waals surface area contributed by atoms with Crippen LogP contribution in [0.15, 0.2) is 54.7 Å². The molecule has 0 bridgehead atoms. The molecule has 0 radical (unpaired) electrons. The van der Waals surface area contributed by atoms with Crippen LogP contribution in [-0.2, 0) is 31.7 Å². The Hall–Kier alpha value is -3.20. The summed E-state index contributed by atoms with van der Waals surface area (Å²) in [5.41, 5.74) is -2.91. The summed E-state index contributed by atoms with van der Waals surface area (Å²) in [5, 5.41) is 0. The van der Waals surface area contributed by atoms with Gasteiger partial charge in [-0.05, 0) is 61.7 Å². The average molecular weight is 725 g/mol. The quantitative estimate of drug-likeness (QED) is 0.169. The smallest absolute Gasteiger partial charge is 0.416 e. The molecule has 0 saturated carbocycles. The van der Waals surface area contributed by atoms with Gasteiger partial charge in [-0.25, -0.2) is 4.98 Å². The summed E-state index contributed by atoms with van der Waals surface area (Å²) >= 11 is 0. The number of piperazine rings is 1. The molecule has 1 atom stereocenters. The highest BCUT2D eigenvalue weighted by Crippen LogP contribution is 2.41. The summed E-state index contributed by atoms with van der Waals surface area (Å²) in [6.07, 6.45) is -8.72. The van der Waals surface area contributed by atoms with Gasteiger partial charge in [0.25, 0.3) is 7.82 Å². The van der Waals surface area contributed by atoms with Crippen LogP contribution >= 0.6 is 20.2 Å². The number of phosphoric ester groups is 1. The van der Waals surface area contributed by atoms with E-state index in [2.05, 4.69) is 9.51 Å². The van der Waals surface area contributed by atoms with E-state index < -0.39 is 48.2 Å². The summed E-state index contributed by atoms with van der Waals surface area (Å²) in [7, 11) is -1.72. The monoisotopic (exact) mass is 724 g/mol. The number of rotatable bonds is 8. The topological polar surface area (TPSA) is 106 Å². The van der Waals surface area contributed by atoms with E-state index in [1.807, 2.05) is 30.0 Å². The predicted octanol–water partition coefficient (Wildman–Crippen LogP) is 6.16. The van der Waals surface area contributed by atoms with Crippen molar-refractivity contribution in [1.82, 2.24) is 4.98 Å². The third kappa shape index (κ3) is 8.87. The van der Waals surface area contributed by atoms with E-state index in [-0.39, 0.29) is 35.4 Å². The SMILES string of the molecule is Cc1ccccc1-c1cc(N2CC[N+](C)(COP(=O)([O-])O)CC2)ncc1N(C)C(=O)C(C)(C)c1cc(C(F)(F)F)cc(C(F)(F)F)c1.Cl. The molecule has 2 heterocycles. The summed E-state index contributed by atoms with van der Waals surface area (Å²) < 4.78 is 97.7. The van der Waals surface area contributed by atoms with Crippen molar-refractivity contribution in [2.75, 3.05) is 56.8 Å². The minimum Gasteiger partial charge on any atom is -0.756 e. The lowest BCUT2D eigenvalue weighted by Crippen LogP contribution is -2.58. The Kier molecular flexibility index (Phi) is 11.4. The molecule has 0 aliphatic carbocycles. The fourth-order valence-corrected chi connectivity index (χ4v) is 5.88. The molecule has 1 aromatic heterocycles. The highest BCUT2D eigenvalue weighted by molar-refractivity contribution is 7.44. The van der Waals surface area contributed by atoms with E-state index >= 15 is 0 Å². The molecule has 17 heteroatoms. The van der Waals surface area contributed by atoms with Gasteiger partial charge in [-0.15, -0.1) is 12.4 Å². The lowest BCUT2D eigenvalue weighted by molar-refractivity contribution is -0.925. The van der Waals surface area contributed by atoms with E-state index in [4.69, 9.17) is 4.89 Å². The molecule has 1 amide bonds. The van der Waals surface area contributed by atoms with Crippen LogP contribution in [0.2, 0.25) is 0 Å². The van der Waals surface area contributed by atoms with Gasteiger partial charge in [-0.3, -0.25) is 13.9 Å². The van der Waals surface area contributed by atoms with Crippen molar-refractivity contribution in [3.63, 3.8) is 0 Å². The van der Waals surface area contributed by atoms with Crippen LogP contribution in [0.4, 0.5) is 37.8 Å². The normalized spacial score (nSPS) is 16.6. The van der Waals surface area contributed by atoms with Crippen LogP contribution in [0.25, 0.3) is 11.1 Å². The largest absolute Gasteiger partial charge is 0.756 e. The van der Waals surface area contributed by atoms with Crippen LogP contribution in [0.5, 0.6) is 0 Å². The van der Waals surface area contributed by atoms with E-state index in [0.29, 0.717) is 49.7 Å². The number of anilines is 2. The van der Waals surface area contributed by atoms with Crippen LogP contribution in [0.3, 0.4) is 0 Å². The maximum absolute atomic E-state index is 14.0. The van der Waals surface area contributed by atoms with Gasteiger partial charge >= 0.3 is 12.4 Å². The van der Waals surface area contributed by atoms with Gasteiger partial charge < -0.3 is 24.1 Å². The van der Waals surface area contributed by atoms with Crippen LogP contribution in [0.1, 0.15) is 36.1 Å². The average Bonchev–Trinajstić information content (AvgIpc) is 2.98. The zero-order chi connectivity index (χ0) is 35.2. The third-order valence-corrected chi connectivity index (χ3v) is 8.93. The molecule has 1 saturated heterocycles. The van der Waals surface area contributed by atoms with Crippen LogP contribution < -0.4 is 14.7 Å². The highest BCUT2D eigenvalue weighted by Gasteiger charge is 2.41. The Morgan fingerprint density at radius 1 is 1.00 bits per heavy atom. The number of aromatic nitrogens is 1. The van der Waals surface area contributed by atoms with E-state index in [9.17, 15) is 40.6 Å². The Morgan fingerprint density at radius 2 is 1.52 bits per heavy atom. The summed E-state index contributed by atoms with van der Waals surface area (Å²) in [6, 6.07) is 10.2. The first-order chi connectivity index (χ1) is 21.5. The molecule has 48 heavy (non-hydrogen) atoms. The number of pyridine rings is 1. The van der Waals surface area contributed by atoms with E-state index in [1.54, 1.807) is 19.2 Å². The fraction of sp³-hybridized carbons (Fsp3) is 0.419. The Labute approximate surface area is 280 Å². The fourth-order valence-electron chi connectivity index (χ4n) is 5.45. The number of hydrogen-bond acceptors (Lipinski definition) is 6. The molecule has 3 aromatic rings. The number of quaternary nitrogens is 1. The molecule has 9 nitrogen and oxygen atoms in total. The molecule has 2 aromatic carbocycles. The maximum atomic E-state index is 14.0. The zero-order valence-electron chi connectivity index (χ0n) is 26.7.